The van der Waals surface area contributed by atoms with Gasteiger partial charge in [-0.2, -0.15) is 31.4 Å². The smallest absolute Gasteiger partial charge is 0.433 e. The summed E-state index contributed by atoms with van der Waals surface area (Å²) >= 11 is 5.62. The van der Waals surface area contributed by atoms with E-state index in [-0.39, 0.29) is 16.4 Å². The van der Waals surface area contributed by atoms with Crippen molar-refractivity contribution in [1.29, 1.82) is 0 Å². The molecule has 0 fully saturated rings. The lowest BCUT2D eigenvalue weighted by atomic mass is 10.1. The number of nitrogens with zero attached hydrogens (tertiary/aromatic N) is 3. The van der Waals surface area contributed by atoms with E-state index in [0.29, 0.717) is 21.9 Å². The van der Waals surface area contributed by atoms with Crippen LogP contribution in [0.3, 0.4) is 0 Å². The van der Waals surface area contributed by atoms with Gasteiger partial charge in [0.05, 0.1) is 24.1 Å². The number of aromatic nitrogens is 3. The van der Waals surface area contributed by atoms with Gasteiger partial charge in [0.1, 0.15) is 5.75 Å². The normalized spacial score (nSPS) is 12.1. The second kappa shape index (κ2) is 8.77. The number of methoxy groups -OCH3 is 1. The van der Waals surface area contributed by atoms with Gasteiger partial charge in [-0.15, -0.1) is 0 Å². The molecule has 6 nitrogen and oxygen atoms in total. The quantitative estimate of drug-likeness (QED) is 0.322. The number of rotatable bonds is 4. The summed E-state index contributed by atoms with van der Waals surface area (Å²) in [4.78, 5) is 16.8. The van der Waals surface area contributed by atoms with Crippen molar-refractivity contribution in [3.8, 4) is 17.0 Å². The molecule has 35 heavy (non-hydrogen) atoms. The van der Waals surface area contributed by atoms with Crippen LogP contribution >= 0.6 is 11.6 Å². The number of carbonyl (C=O) groups is 1. The summed E-state index contributed by atoms with van der Waals surface area (Å²) < 4.78 is 86.7. The summed E-state index contributed by atoms with van der Waals surface area (Å²) in [6.45, 7) is 0. The van der Waals surface area contributed by atoms with Crippen molar-refractivity contribution in [2.24, 2.45) is 0 Å². The van der Waals surface area contributed by atoms with Crippen LogP contribution in [0.1, 0.15) is 21.7 Å². The number of anilines is 1. The molecule has 0 bridgehead atoms. The maximum Gasteiger partial charge on any atom is 0.433 e. The van der Waals surface area contributed by atoms with Gasteiger partial charge in [-0.25, -0.2) is 9.50 Å². The summed E-state index contributed by atoms with van der Waals surface area (Å²) in [5.41, 5.74) is -3.71. The van der Waals surface area contributed by atoms with Gasteiger partial charge in [0, 0.05) is 16.7 Å². The van der Waals surface area contributed by atoms with Gasteiger partial charge in [-0.05, 0) is 48.5 Å². The first-order chi connectivity index (χ1) is 16.4. The Morgan fingerprint density at radius 2 is 1.66 bits per heavy atom. The van der Waals surface area contributed by atoms with Gasteiger partial charge in [-0.1, -0.05) is 11.6 Å². The molecule has 1 amide bonds. The van der Waals surface area contributed by atoms with Crippen LogP contribution in [0.2, 0.25) is 5.02 Å². The van der Waals surface area contributed by atoms with Crippen molar-refractivity contribution in [3.05, 3.63) is 76.6 Å². The Bertz CT molecular complexity index is 1410. The fourth-order valence-electron chi connectivity index (χ4n) is 3.24. The van der Waals surface area contributed by atoms with Crippen molar-refractivity contribution in [2.75, 3.05) is 12.4 Å². The molecule has 2 aromatic carbocycles. The molecule has 2 aromatic heterocycles. The number of fused-ring (bicyclic) bond motifs is 1. The molecule has 0 spiro atoms. The zero-order valence-corrected chi connectivity index (χ0v) is 18.3. The second-order valence-electron chi connectivity index (χ2n) is 7.19. The molecule has 4 rings (SSSR count). The molecule has 4 aromatic rings. The monoisotopic (exact) mass is 514 g/mol. The van der Waals surface area contributed by atoms with E-state index >= 15 is 0 Å². The molecule has 0 unspecified atom stereocenters. The van der Waals surface area contributed by atoms with Crippen molar-refractivity contribution in [2.45, 2.75) is 12.4 Å². The summed E-state index contributed by atoms with van der Waals surface area (Å²) in [5, 5.41) is 5.45. The summed E-state index contributed by atoms with van der Waals surface area (Å²) in [5.74, 6) is -0.683. The van der Waals surface area contributed by atoms with E-state index < -0.39 is 40.9 Å². The Labute approximate surface area is 198 Å². The molecule has 2 heterocycles. The van der Waals surface area contributed by atoms with Gasteiger partial charge in [0.15, 0.2) is 17.0 Å². The van der Waals surface area contributed by atoms with Crippen LogP contribution < -0.4 is 10.1 Å². The fourth-order valence-corrected chi connectivity index (χ4v) is 3.42. The number of benzene rings is 2. The minimum Gasteiger partial charge on any atom is -0.497 e. The average Bonchev–Trinajstić information content (AvgIpc) is 3.22. The lowest BCUT2D eigenvalue weighted by Gasteiger charge is -2.13. The van der Waals surface area contributed by atoms with Crippen LogP contribution in [-0.2, 0) is 12.4 Å². The van der Waals surface area contributed by atoms with Crippen LogP contribution in [-0.4, -0.2) is 27.6 Å². The number of nitrogens with one attached hydrogen (secondary N) is 1. The van der Waals surface area contributed by atoms with Crippen molar-refractivity contribution in [1.82, 2.24) is 14.6 Å². The molecule has 1 N–H and O–H groups in total. The number of ether oxygens (including phenoxy) is 1. The maximum absolute atomic E-state index is 13.8. The van der Waals surface area contributed by atoms with E-state index in [9.17, 15) is 31.1 Å². The van der Waals surface area contributed by atoms with Crippen LogP contribution in [0.15, 0.2) is 54.6 Å². The Balaban J connectivity index is 1.77. The Morgan fingerprint density at radius 1 is 0.971 bits per heavy atom. The fraction of sp³-hybridized carbons (Fsp3) is 0.136. The summed E-state index contributed by atoms with van der Waals surface area (Å²) in [7, 11) is 1.43. The third-order valence-electron chi connectivity index (χ3n) is 4.87. The van der Waals surface area contributed by atoms with E-state index in [4.69, 9.17) is 16.3 Å². The summed E-state index contributed by atoms with van der Waals surface area (Å²) in [6, 6.07) is 10.4. The molecule has 0 aliphatic heterocycles. The maximum atomic E-state index is 13.8. The van der Waals surface area contributed by atoms with Crippen molar-refractivity contribution >= 4 is 28.8 Å². The highest BCUT2D eigenvalue weighted by atomic mass is 35.5. The molecule has 0 radical (unpaired) electrons. The highest BCUT2D eigenvalue weighted by Gasteiger charge is 2.36. The molecular weight excluding hydrogens is 502 g/mol. The number of amides is 1. The third-order valence-corrected chi connectivity index (χ3v) is 5.11. The SMILES string of the molecule is COc1ccc(-c2cc(C(F)(F)F)n3nc(C(=O)Nc4ccc(Cl)cc4C(F)(F)F)cc3n2)cc1. The molecule has 0 saturated heterocycles. The highest BCUT2D eigenvalue weighted by molar-refractivity contribution is 6.30. The van der Waals surface area contributed by atoms with Crippen molar-refractivity contribution < 1.29 is 35.9 Å². The first-order valence-electron chi connectivity index (χ1n) is 9.67. The van der Waals surface area contributed by atoms with Crippen LogP contribution in [0.25, 0.3) is 16.9 Å². The van der Waals surface area contributed by atoms with E-state index in [0.717, 1.165) is 24.3 Å². The molecule has 0 saturated carbocycles. The minimum atomic E-state index is -4.87. The largest absolute Gasteiger partial charge is 0.497 e. The minimum absolute atomic E-state index is 0.0589. The number of alkyl halides is 6. The number of hydrogen-bond donors (Lipinski definition) is 1. The third kappa shape index (κ3) is 5.02. The second-order valence-corrected chi connectivity index (χ2v) is 7.63. The number of carbonyl (C=O) groups excluding carboxylic acids is 1. The van der Waals surface area contributed by atoms with Crippen molar-refractivity contribution in [3.63, 3.8) is 0 Å². The van der Waals surface area contributed by atoms with E-state index in [1.54, 1.807) is 0 Å². The zero-order chi connectivity index (χ0) is 25.5. The van der Waals surface area contributed by atoms with Crippen LogP contribution in [0.5, 0.6) is 5.75 Å². The van der Waals surface area contributed by atoms with E-state index in [1.807, 2.05) is 5.32 Å². The number of halogens is 7. The van der Waals surface area contributed by atoms with Gasteiger partial charge in [-0.3, -0.25) is 4.79 Å². The first kappa shape index (κ1) is 24.3. The molecule has 0 aliphatic rings. The Kier molecular flexibility index (Phi) is 6.09. The lowest BCUT2D eigenvalue weighted by molar-refractivity contribution is -0.142. The van der Waals surface area contributed by atoms with Crippen LogP contribution in [0.4, 0.5) is 32.0 Å². The predicted octanol–water partition coefficient (Wildman–Crippen LogP) is 6.35. The predicted molar refractivity (Wildman–Crippen MR) is 114 cm³/mol. The van der Waals surface area contributed by atoms with Gasteiger partial charge >= 0.3 is 12.4 Å². The zero-order valence-electron chi connectivity index (χ0n) is 17.5. The molecule has 13 heteroatoms. The summed E-state index contributed by atoms with van der Waals surface area (Å²) in [6.07, 6.45) is -9.72. The number of hydrogen-bond acceptors (Lipinski definition) is 4. The Hall–Kier alpha value is -3.80. The van der Waals surface area contributed by atoms with Crippen LogP contribution in [0, 0.1) is 0 Å². The topological polar surface area (TPSA) is 68.5 Å². The Morgan fingerprint density at radius 3 is 2.26 bits per heavy atom. The molecule has 0 atom stereocenters. The average molecular weight is 515 g/mol. The molecule has 0 aliphatic carbocycles. The lowest BCUT2D eigenvalue weighted by Crippen LogP contribution is -2.18. The van der Waals surface area contributed by atoms with Gasteiger partial charge < -0.3 is 10.1 Å². The van der Waals surface area contributed by atoms with Gasteiger partial charge in [0.25, 0.3) is 5.91 Å². The highest BCUT2D eigenvalue weighted by Crippen LogP contribution is 2.37. The molecule has 182 valence electrons. The van der Waals surface area contributed by atoms with Gasteiger partial charge in [0.2, 0.25) is 0 Å². The van der Waals surface area contributed by atoms with E-state index in [2.05, 4.69) is 10.1 Å². The molecular formula is C22H13ClF6N4O2. The van der Waals surface area contributed by atoms with E-state index in [1.165, 1.54) is 31.4 Å². The first-order valence-corrected chi connectivity index (χ1v) is 10.0. The standard InChI is InChI=1S/C22H13ClF6N4O2/c1-35-13-5-2-11(3-6-13)16-9-18(22(27,28)29)33-19(30-16)10-17(32-33)20(34)31-15-7-4-12(23)8-14(15)21(24,25)26/h2-10H,1H3,(H,31,34).